The molecule has 0 saturated heterocycles. The second-order valence-electron chi connectivity index (χ2n) is 3.49. The van der Waals surface area contributed by atoms with Crippen molar-refractivity contribution in [3.8, 4) is 0 Å². The number of hydrogen-bond donors (Lipinski definition) is 2. The molecular formula is C11H15N3O3. The summed E-state index contributed by atoms with van der Waals surface area (Å²) in [4.78, 5) is 22.7. The Hall–Kier alpha value is -2.11. The fourth-order valence-corrected chi connectivity index (χ4v) is 1.18. The lowest BCUT2D eigenvalue weighted by Gasteiger charge is -2.05. The molecule has 0 fully saturated rings. The Morgan fingerprint density at radius 1 is 1.41 bits per heavy atom. The molecule has 0 aliphatic rings. The summed E-state index contributed by atoms with van der Waals surface area (Å²) in [7, 11) is 0. The number of rotatable bonds is 5. The third-order valence-electron chi connectivity index (χ3n) is 2.02. The largest absolute Gasteiger partial charge is 0.619 e. The summed E-state index contributed by atoms with van der Waals surface area (Å²) >= 11 is 0. The summed E-state index contributed by atoms with van der Waals surface area (Å²) in [6.45, 7) is 2.43. The van der Waals surface area contributed by atoms with Gasteiger partial charge in [-0.25, -0.2) is 0 Å². The van der Waals surface area contributed by atoms with Crippen molar-refractivity contribution < 1.29 is 14.3 Å². The number of hydrogen-bond acceptors (Lipinski definition) is 3. The van der Waals surface area contributed by atoms with Gasteiger partial charge in [-0.2, -0.15) is 4.73 Å². The average Bonchev–Trinajstić information content (AvgIpc) is 2.33. The first-order valence-electron chi connectivity index (χ1n) is 5.37. The van der Waals surface area contributed by atoms with Gasteiger partial charge in [-0.05, 0) is 12.5 Å². The van der Waals surface area contributed by atoms with Crippen molar-refractivity contribution >= 4 is 11.8 Å². The van der Waals surface area contributed by atoms with Gasteiger partial charge < -0.3 is 15.8 Å². The van der Waals surface area contributed by atoms with E-state index < -0.39 is 5.91 Å². The molecule has 1 rings (SSSR count). The van der Waals surface area contributed by atoms with Crippen molar-refractivity contribution in [2.75, 3.05) is 13.1 Å². The van der Waals surface area contributed by atoms with Crippen LogP contribution in [0.25, 0.3) is 0 Å². The second kappa shape index (κ2) is 6.47. The van der Waals surface area contributed by atoms with Gasteiger partial charge in [0.25, 0.3) is 5.91 Å². The molecule has 0 unspecified atom stereocenters. The maximum Gasteiger partial charge on any atom is 0.257 e. The lowest BCUT2D eigenvalue weighted by molar-refractivity contribution is -0.605. The summed E-state index contributed by atoms with van der Waals surface area (Å²) in [5.41, 5.74) is 0.228. The van der Waals surface area contributed by atoms with Crippen LogP contribution in [0.15, 0.2) is 24.5 Å². The van der Waals surface area contributed by atoms with Crippen LogP contribution in [0.1, 0.15) is 23.7 Å². The number of nitrogens with zero attached hydrogens (tertiary/aromatic N) is 1. The van der Waals surface area contributed by atoms with E-state index in [9.17, 15) is 14.8 Å². The Morgan fingerprint density at radius 2 is 2.18 bits per heavy atom. The van der Waals surface area contributed by atoms with E-state index in [0.29, 0.717) is 11.3 Å². The van der Waals surface area contributed by atoms with Gasteiger partial charge in [0.1, 0.15) is 5.56 Å². The lowest BCUT2D eigenvalue weighted by Crippen LogP contribution is -2.38. The van der Waals surface area contributed by atoms with Crippen LogP contribution in [-0.4, -0.2) is 24.9 Å². The zero-order chi connectivity index (χ0) is 12.7. The van der Waals surface area contributed by atoms with Crippen LogP contribution >= 0.6 is 0 Å². The molecular weight excluding hydrogens is 222 g/mol. The third-order valence-corrected chi connectivity index (χ3v) is 2.02. The summed E-state index contributed by atoms with van der Waals surface area (Å²) in [6, 6.07) is 2.98. The lowest BCUT2D eigenvalue weighted by atomic mass is 10.2. The molecule has 0 saturated carbocycles. The van der Waals surface area contributed by atoms with Gasteiger partial charge in [0.2, 0.25) is 5.91 Å². The van der Waals surface area contributed by atoms with Crippen molar-refractivity contribution in [3.05, 3.63) is 35.3 Å². The molecule has 1 aromatic heterocycles. The van der Waals surface area contributed by atoms with E-state index in [1.54, 1.807) is 0 Å². The highest BCUT2D eigenvalue weighted by Crippen LogP contribution is 1.93. The molecule has 0 atom stereocenters. The molecule has 0 aromatic carbocycles. The third kappa shape index (κ3) is 4.50. The Balaban J connectivity index is 2.42. The van der Waals surface area contributed by atoms with Gasteiger partial charge in [-0.1, -0.05) is 6.92 Å². The summed E-state index contributed by atoms with van der Waals surface area (Å²) in [6.07, 6.45) is 3.28. The number of nitrogens with one attached hydrogen (secondary N) is 2. The molecule has 6 heteroatoms. The van der Waals surface area contributed by atoms with Crippen molar-refractivity contribution in [2.45, 2.75) is 13.3 Å². The van der Waals surface area contributed by atoms with Crippen LogP contribution in [0.3, 0.4) is 0 Å². The minimum Gasteiger partial charge on any atom is -0.619 e. The molecule has 92 valence electrons. The van der Waals surface area contributed by atoms with E-state index in [1.165, 1.54) is 18.3 Å². The van der Waals surface area contributed by atoms with Crippen molar-refractivity contribution in [1.29, 1.82) is 0 Å². The SMILES string of the molecule is CCCNC(=O)CNC(=O)c1ccc[n+]([O-])c1. The molecule has 0 aliphatic carbocycles. The highest BCUT2D eigenvalue weighted by atomic mass is 16.5. The highest BCUT2D eigenvalue weighted by Gasteiger charge is 2.09. The Bertz CT molecular complexity index is 407. The molecule has 1 heterocycles. The monoisotopic (exact) mass is 237 g/mol. The smallest absolute Gasteiger partial charge is 0.257 e. The first-order valence-corrected chi connectivity index (χ1v) is 5.37. The summed E-state index contributed by atoms with van der Waals surface area (Å²) in [5, 5.41) is 16.0. The predicted molar refractivity (Wildman–Crippen MR) is 61.0 cm³/mol. The van der Waals surface area contributed by atoms with Gasteiger partial charge >= 0.3 is 0 Å². The molecule has 1 aromatic rings. The van der Waals surface area contributed by atoms with Crippen molar-refractivity contribution in [3.63, 3.8) is 0 Å². The zero-order valence-electron chi connectivity index (χ0n) is 9.60. The molecule has 17 heavy (non-hydrogen) atoms. The van der Waals surface area contributed by atoms with E-state index in [1.807, 2.05) is 6.92 Å². The topological polar surface area (TPSA) is 85.1 Å². The van der Waals surface area contributed by atoms with Gasteiger partial charge in [0.15, 0.2) is 12.4 Å². The quantitative estimate of drug-likeness (QED) is 0.538. The van der Waals surface area contributed by atoms with E-state index >= 15 is 0 Å². The first kappa shape index (κ1) is 13.0. The van der Waals surface area contributed by atoms with Crippen LogP contribution in [0.4, 0.5) is 0 Å². The van der Waals surface area contributed by atoms with Crippen LogP contribution in [0.5, 0.6) is 0 Å². The highest BCUT2D eigenvalue weighted by molar-refractivity contribution is 5.95. The molecule has 0 radical (unpaired) electrons. The van der Waals surface area contributed by atoms with Crippen LogP contribution in [-0.2, 0) is 4.79 Å². The molecule has 2 N–H and O–H groups in total. The molecule has 2 amide bonds. The van der Waals surface area contributed by atoms with E-state index in [4.69, 9.17) is 0 Å². The van der Waals surface area contributed by atoms with E-state index in [-0.39, 0.29) is 18.0 Å². The summed E-state index contributed by atoms with van der Waals surface area (Å²) in [5.74, 6) is -0.687. The Kier molecular flexibility index (Phi) is 4.93. The number of aromatic nitrogens is 1. The Morgan fingerprint density at radius 3 is 2.82 bits per heavy atom. The second-order valence-corrected chi connectivity index (χ2v) is 3.49. The van der Waals surface area contributed by atoms with Gasteiger partial charge in [0, 0.05) is 12.6 Å². The maximum atomic E-state index is 11.5. The van der Waals surface area contributed by atoms with Gasteiger partial charge in [-0.3, -0.25) is 9.59 Å². The summed E-state index contributed by atoms with van der Waals surface area (Å²) < 4.78 is 0.534. The molecule has 0 aliphatic heterocycles. The first-order chi connectivity index (χ1) is 8.13. The van der Waals surface area contributed by atoms with Gasteiger partial charge in [0.05, 0.1) is 6.54 Å². The fourth-order valence-electron chi connectivity index (χ4n) is 1.18. The molecule has 0 spiro atoms. The standard InChI is InChI=1S/C11H15N3O3/c1-2-5-12-10(15)7-13-11(16)9-4-3-6-14(17)8-9/h3-4,6,8H,2,5,7H2,1H3,(H,12,15)(H,13,16). The number of pyridine rings is 1. The van der Waals surface area contributed by atoms with Crippen LogP contribution in [0, 0.1) is 5.21 Å². The number of carbonyl (C=O) groups is 2. The van der Waals surface area contributed by atoms with Crippen molar-refractivity contribution in [2.24, 2.45) is 0 Å². The maximum absolute atomic E-state index is 11.5. The van der Waals surface area contributed by atoms with Crippen molar-refractivity contribution in [1.82, 2.24) is 10.6 Å². The number of carbonyl (C=O) groups excluding carboxylic acids is 2. The minimum atomic E-state index is -0.443. The normalized spacial score (nSPS) is 9.71. The molecule has 6 nitrogen and oxygen atoms in total. The molecule has 0 bridgehead atoms. The average molecular weight is 237 g/mol. The van der Waals surface area contributed by atoms with E-state index in [2.05, 4.69) is 10.6 Å². The van der Waals surface area contributed by atoms with Crippen LogP contribution in [0.2, 0.25) is 0 Å². The van der Waals surface area contributed by atoms with Gasteiger partial charge in [-0.15, -0.1) is 0 Å². The zero-order valence-corrected chi connectivity index (χ0v) is 9.60. The van der Waals surface area contributed by atoms with Crippen LogP contribution < -0.4 is 15.4 Å². The Labute approximate surface area is 99.2 Å². The number of amides is 2. The van der Waals surface area contributed by atoms with E-state index in [0.717, 1.165) is 12.6 Å². The fraction of sp³-hybridized carbons (Fsp3) is 0.364. The minimum absolute atomic E-state index is 0.0907. The predicted octanol–water partition coefficient (Wildman–Crippen LogP) is -0.424.